The lowest BCUT2D eigenvalue weighted by Gasteiger charge is -2.07. The smallest absolute Gasteiger partial charge is 0.351 e. The zero-order valence-corrected chi connectivity index (χ0v) is 16.9. The highest BCUT2D eigenvalue weighted by Crippen LogP contribution is 2.24. The minimum atomic E-state index is -0.957. The third-order valence-electron chi connectivity index (χ3n) is 4.66. The molecule has 3 aromatic carbocycles. The monoisotopic (exact) mass is 445 g/mol. The molecule has 0 aliphatic carbocycles. The van der Waals surface area contributed by atoms with Crippen molar-refractivity contribution in [3.8, 4) is 11.5 Å². The lowest BCUT2D eigenvalue weighted by Crippen LogP contribution is -2.20. The van der Waals surface area contributed by atoms with Gasteiger partial charge in [0.2, 0.25) is 0 Å². The highest BCUT2D eigenvalue weighted by molar-refractivity contribution is 5.99. The first-order valence-corrected chi connectivity index (χ1v) is 9.66. The molecule has 0 N–H and O–H groups in total. The Morgan fingerprint density at radius 3 is 2.21 bits per heavy atom. The summed E-state index contributed by atoms with van der Waals surface area (Å²) in [7, 11) is 0. The molecule has 0 fully saturated rings. The van der Waals surface area contributed by atoms with E-state index in [9.17, 15) is 24.5 Å². The number of nitro benzene ring substituents is 1. The molecule has 33 heavy (non-hydrogen) atoms. The number of nitrogens with zero attached hydrogens (tertiary/aromatic N) is 1. The van der Waals surface area contributed by atoms with Crippen molar-refractivity contribution >= 4 is 28.4 Å². The predicted octanol–water partition coefficient (Wildman–Crippen LogP) is 4.53. The number of carbonyl (C=O) groups excluding carboxylic acids is 2. The van der Waals surface area contributed by atoms with Crippen LogP contribution in [0, 0.1) is 10.1 Å². The second kappa shape index (κ2) is 9.15. The molecule has 0 bridgehead atoms. The van der Waals surface area contributed by atoms with Gasteiger partial charge >= 0.3 is 11.6 Å². The maximum Gasteiger partial charge on any atom is 0.351 e. The van der Waals surface area contributed by atoms with Gasteiger partial charge in [0.25, 0.3) is 5.69 Å². The van der Waals surface area contributed by atoms with Crippen LogP contribution in [0.2, 0.25) is 0 Å². The molecule has 0 unspecified atom stereocenters. The van der Waals surface area contributed by atoms with Gasteiger partial charge in [0, 0.05) is 23.1 Å². The number of nitro groups is 1. The molecule has 164 valence electrons. The highest BCUT2D eigenvalue weighted by Gasteiger charge is 2.17. The number of ketones is 1. The van der Waals surface area contributed by atoms with Crippen LogP contribution in [0.1, 0.15) is 20.7 Å². The van der Waals surface area contributed by atoms with Crippen molar-refractivity contribution in [2.24, 2.45) is 0 Å². The summed E-state index contributed by atoms with van der Waals surface area (Å²) in [5.74, 6) is -0.634. The lowest BCUT2D eigenvalue weighted by molar-refractivity contribution is -0.384. The van der Waals surface area contributed by atoms with Crippen molar-refractivity contribution in [1.29, 1.82) is 0 Å². The van der Waals surface area contributed by atoms with E-state index < -0.39 is 28.9 Å². The standard InChI is InChI=1S/C24H15NO8/c26-21(14-31-23(27)20-13-16-3-1-2-4-22(16)33-24(20)28)15-5-9-18(10-6-15)32-19-11-7-17(8-12-19)25(29)30/h1-13H,14H2. The predicted molar refractivity (Wildman–Crippen MR) is 117 cm³/mol. The summed E-state index contributed by atoms with van der Waals surface area (Å²) >= 11 is 0. The molecule has 1 aromatic heterocycles. The van der Waals surface area contributed by atoms with Gasteiger partial charge in [-0.05, 0) is 48.5 Å². The van der Waals surface area contributed by atoms with Crippen LogP contribution in [0.3, 0.4) is 0 Å². The number of non-ortho nitro benzene ring substituents is 1. The molecular weight excluding hydrogens is 430 g/mol. The van der Waals surface area contributed by atoms with E-state index in [0.29, 0.717) is 22.5 Å². The average Bonchev–Trinajstić information content (AvgIpc) is 2.82. The van der Waals surface area contributed by atoms with E-state index in [1.807, 2.05) is 0 Å². The Hall–Kier alpha value is -4.79. The number of fused-ring (bicyclic) bond motifs is 1. The first kappa shape index (κ1) is 21.4. The van der Waals surface area contributed by atoms with Gasteiger partial charge in [0.05, 0.1) is 4.92 Å². The Bertz CT molecular complexity index is 1410. The largest absolute Gasteiger partial charge is 0.457 e. The molecule has 9 heteroatoms. The van der Waals surface area contributed by atoms with E-state index in [0.717, 1.165) is 0 Å². The summed E-state index contributed by atoms with van der Waals surface area (Å²) in [6, 6.07) is 19.7. The third kappa shape index (κ3) is 4.93. The first-order valence-electron chi connectivity index (χ1n) is 9.66. The van der Waals surface area contributed by atoms with Gasteiger partial charge in [-0.15, -0.1) is 0 Å². The topological polar surface area (TPSA) is 126 Å². The van der Waals surface area contributed by atoms with Crippen LogP contribution >= 0.6 is 0 Å². The molecule has 0 radical (unpaired) electrons. The van der Waals surface area contributed by atoms with Crippen LogP contribution in [-0.2, 0) is 4.74 Å². The fourth-order valence-corrected chi connectivity index (χ4v) is 2.98. The molecule has 0 spiro atoms. The van der Waals surface area contributed by atoms with Crippen LogP contribution in [0.5, 0.6) is 11.5 Å². The van der Waals surface area contributed by atoms with Gasteiger partial charge in [0.15, 0.2) is 12.4 Å². The number of esters is 1. The number of para-hydroxylation sites is 1. The number of Topliss-reactive ketones (excluding diaryl/α,β-unsaturated/α-hetero) is 1. The third-order valence-corrected chi connectivity index (χ3v) is 4.66. The van der Waals surface area contributed by atoms with Crippen molar-refractivity contribution in [2.45, 2.75) is 0 Å². The van der Waals surface area contributed by atoms with Crippen LogP contribution < -0.4 is 10.4 Å². The fraction of sp³-hybridized carbons (Fsp3) is 0.0417. The van der Waals surface area contributed by atoms with Gasteiger partial charge in [-0.25, -0.2) is 9.59 Å². The van der Waals surface area contributed by atoms with Crippen molar-refractivity contribution in [3.63, 3.8) is 0 Å². The first-order chi connectivity index (χ1) is 15.9. The molecule has 1 heterocycles. The molecule has 4 aromatic rings. The van der Waals surface area contributed by atoms with Crippen molar-refractivity contribution < 1.29 is 28.4 Å². The zero-order valence-electron chi connectivity index (χ0n) is 16.9. The summed E-state index contributed by atoms with van der Waals surface area (Å²) < 4.78 is 15.7. The number of hydrogen-bond acceptors (Lipinski definition) is 8. The van der Waals surface area contributed by atoms with Crippen LogP contribution in [0.15, 0.2) is 88.1 Å². The maximum absolute atomic E-state index is 12.4. The van der Waals surface area contributed by atoms with Crippen molar-refractivity contribution in [2.75, 3.05) is 6.61 Å². The molecule has 0 amide bonds. The van der Waals surface area contributed by atoms with E-state index >= 15 is 0 Å². The molecule has 0 saturated heterocycles. The molecule has 0 atom stereocenters. The molecular formula is C24H15NO8. The average molecular weight is 445 g/mol. The Morgan fingerprint density at radius 1 is 0.909 bits per heavy atom. The Labute approximate surface area is 185 Å². The van der Waals surface area contributed by atoms with Gasteiger partial charge in [-0.3, -0.25) is 14.9 Å². The molecule has 0 saturated carbocycles. The second-order valence-corrected chi connectivity index (χ2v) is 6.86. The lowest BCUT2D eigenvalue weighted by atomic mass is 10.1. The number of rotatable bonds is 7. The minimum Gasteiger partial charge on any atom is -0.457 e. The van der Waals surface area contributed by atoms with Crippen LogP contribution in [-0.4, -0.2) is 23.3 Å². The molecule has 0 aliphatic rings. The summed E-state index contributed by atoms with van der Waals surface area (Å²) in [6.07, 6.45) is 0. The van der Waals surface area contributed by atoms with Gasteiger partial charge in [-0.2, -0.15) is 0 Å². The summed E-state index contributed by atoms with van der Waals surface area (Å²) in [4.78, 5) is 46.9. The van der Waals surface area contributed by atoms with Crippen molar-refractivity contribution in [3.05, 3.63) is 111 Å². The van der Waals surface area contributed by atoms with E-state index in [4.69, 9.17) is 13.9 Å². The van der Waals surface area contributed by atoms with Crippen LogP contribution in [0.25, 0.3) is 11.0 Å². The molecule has 9 nitrogen and oxygen atoms in total. The number of hydrogen-bond donors (Lipinski definition) is 0. The van der Waals surface area contributed by atoms with E-state index in [-0.39, 0.29) is 16.8 Å². The van der Waals surface area contributed by atoms with E-state index in [1.54, 1.807) is 24.3 Å². The maximum atomic E-state index is 12.4. The molecule has 0 aliphatic heterocycles. The zero-order chi connectivity index (χ0) is 23.4. The summed E-state index contributed by atoms with van der Waals surface area (Å²) in [5, 5.41) is 11.3. The SMILES string of the molecule is O=C(COC(=O)c1cc2ccccc2oc1=O)c1ccc(Oc2ccc([N+](=O)[O-])cc2)cc1. The highest BCUT2D eigenvalue weighted by atomic mass is 16.6. The Balaban J connectivity index is 1.37. The van der Waals surface area contributed by atoms with Crippen LogP contribution in [0.4, 0.5) is 5.69 Å². The Kier molecular flexibility index (Phi) is 5.94. The second-order valence-electron chi connectivity index (χ2n) is 6.86. The molecule has 4 rings (SSSR count). The van der Waals surface area contributed by atoms with E-state index in [2.05, 4.69) is 0 Å². The Morgan fingerprint density at radius 2 is 1.55 bits per heavy atom. The van der Waals surface area contributed by atoms with E-state index in [1.165, 1.54) is 54.6 Å². The van der Waals surface area contributed by atoms with Gasteiger partial charge in [-0.1, -0.05) is 18.2 Å². The minimum absolute atomic E-state index is 0.0562. The van der Waals surface area contributed by atoms with Gasteiger partial charge < -0.3 is 13.9 Å². The van der Waals surface area contributed by atoms with Crippen molar-refractivity contribution in [1.82, 2.24) is 0 Å². The fourth-order valence-electron chi connectivity index (χ4n) is 2.98. The number of ether oxygens (including phenoxy) is 2. The number of carbonyl (C=O) groups is 2. The number of benzene rings is 3. The summed E-state index contributed by atoms with van der Waals surface area (Å²) in [6.45, 7) is -0.562. The normalized spacial score (nSPS) is 10.5. The summed E-state index contributed by atoms with van der Waals surface area (Å²) in [5.41, 5.74) is -0.595. The quantitative estimate of drug-likeness (QED) is 0.133. The van der Waals surface area contributed by atoms with Gasteiger partial charge in [0.1, 0.15) is 22.6 Å².